The predicted molar refractivity (Wildman–Crippen MR) is 74.0 cm³/mol. The number of benzene rings is 1. The Labute approximate surface area is 114 Å². The second-order valence-corrected chi connectivity index (χ2v) is 4.62. The van der Waals surface area contributed by atoms with Gasteiger partial charge in [0.1, 0.15) is 5.58 Å². The Morgan fingerprint density at radius 3 is 2.65 bits per heavy atom. The van der Waals surface area contributed by atoms with Crippen LogP contribution in [0, 0.1) is 0 Å². The summed E-state index contributed by atoms with van der Waals surface area (Å²) in [5, 5.41) is 0.360. The van der Waals surface area contributed by atoms with E-state index in [0.29, 0.717) is 48.7 Å². The van der Waals surface area contributed by atoms with Gasteiger partial charge in [-0.1, -0.05) is 0 Å². The summed E-state index contributed by atoms with van der Waals surface area (Å²) in [6, 6.07) is 6.06. The van der Waals surface area contributed by atoms with Crippen LogP contribution in [0.5, 0.6) is 0 Å². The fourth-order valence-corrected chi connectivity index (χ4v) is 2.24. The number of morpholine rings is 1. The Balaban J connectivity index is 2.08. The third kappa shape index (κ3) is 2.25. The number of amides is 1. The van der Waals surface area contributed by atoms with Crippen LogP contribution in [0.2, 0.25) is 0 Å². The molecule has 1 amide bonds. The molecule has 2 N–H and O–H groups in total. The second-order valence-electron chi connectivity index (χ2n) is 4.62. The van der Waals surface area contributed by atoms with Crippen molar-refractivity contribution in [2.45, 2.75) is 0 Å². The minimum Gasteiger partial charge on any atom is -0.440 e. The number of hydrogen-bond acceptors (Lipinski definition) is 5. The number of carbonyl (C=O) groups excluding carboxylic acids is 1. The van der Waals surface area contributed by atoms with Crippen LogP contribution in [0.3, 0.4) is 0 Å². The number of carbonyl (C=O) groups is 1. The maximum absolute atomic E-state index is 12.1. The van der Waals surface area contributed by atoms with Crippen LogP contribution in [0.4, 0.5) is 5.88 Å². The first kappa shape index (κ1) is 12.7. The summed E-state index contributed by atoms with van der Waals surface area (Å²) in [7, 11) is 0. The van der Waals surface area contributed by atoms with E-state index < -0.39 is 5.91 Å². The van der Waals surface area contributed by atoms with E-state index in [9.17, 15) is 9.59 Å². The zero-order valence-corrected chi connectivity index (χ0v) is 10.8. The average Bonchev–Trinajstić information content (AvgIpc) is 2.47. The van der Waals surface area contributed by atoms with E-state index in [2.05, 4.69) is 0 Å². The number of primary amides is 1. The summed E-state index contributed by atoms with van der Waals surface area (Å²) in [4.78, 5) is 25.2. The van der Waals surface area contributed by atoms with E-state index in [1.165, 1.54) is 12.1 Å². The van der Waals surface area contributed by atoms with Crippen molar-refractivity contribution in [1.29, 1.82) is 0 Å². The van der Waals surface area contributed by atoms with Crippen molar-refractivity contribution in [3.8, 4) is 0 Å². The van der Waals surface area contributed by atoms with Crippen molar-refractivity contribution in [2.24, 2.45) is 5.73 Å². The molecule has 3 rings (SSSR count). The van der Waals surface area contributed by atoms with Crippen molar-refractivity contribution < 1.29 is 13.9 Å². The minimum absolute atomic E-state index is 0.184. The quantitative estimate of drug-likeness (QED) is 0.872. The van der Waals surface area contributed by atoms with Crippen LogP contribution in [0.25, 0.3) is 11.0 Å². The minimum atomic E-state index is -0.566. The SMILES string of the molecule is NC(=O)c1ccc2oc(N3CCOCC3)cc(=O)c2c1. The molecule has 0 unspecified atom stereocenters. The summed E-state index contributed by atoms with van der Waals surface area (Å²) in [5.41, 5.74) is 5.77. The van der Waals surface area contributed by atoms with Crippen molar-refractivity contribution >= 4 is 22.8 Å². The van der Waals surface area contributed by atoms with Gasteiger partial charge >= 0.3 is 0 Å². The van der Waals surface area contributed by atoms with Crippen LogP contribution in [0.1, 0.15) is 10.4 Å². The lowest BCUT2D eigenvalue weighted by molar-refractivity contribution is 0.100. The molecule has 6 heteroatoms. The summed E-state index contributed by atoms with van der Waals surface area (Å²) >= 11 is 0. The van der Waals surface area contributed by atoms with Crippen molar-refractivity contribution in [2.75, 3.05) is 31.2 Å². The lowest BCUT2D eigenvalue weighted by atomic mass is 10.1. The molecule has 1 aromatic heterocycles. The first-order chi connectivity index (χ1) is 9.65. The molecule has 0 radical (unpaired) electrons. The van der Waals surface area contributed by atoms with Gasteiger partial charge in [-0.2, -0.15) is 0 Å². The molecule has 6 nitrogen and oxygen atoms in total. The molecule has 2 aromatic rings. The van der Waals surface area contributed by atoms with Gasteiger partial charge in [-0.3, -0.25) is 9.59 Å². The monoisotopic (exact) mass is 274 g/mol. The van der Waals surface area contributed by atoms with E-state index >= 15 is 0 Å². The highest BCUT2D eigenvalue weighted by Crippen LogP contribution is 2.20. The highest BCUT2D eigenvalue weighted by atomic mass is 16.5. The van der Waals surface area contributed by atoms with Gasteiger partial charge in [-0.25, -0.2) is 0 Å². The number of anilines is 1. The number of hydrogen-bond donors (Lipinski definition) is 1. The zero-order chi connectivity index (χ0) is 14.1. The largest absolute Gasteiger partial charge is 0.440 e. The molecule has 0 saturated carbocycles. The summed E-state index contributed by atoms with van der Waals surface area (Å²) in [6.07, 6.45) is 0. The summed E-state index contributed by atoms with van der Waals surface area (Å²) < 4.78 is 11.0. The molecule has 1 aromatic carbocycles. The summed E-state index contributed by atoms with van der Waals surface area (Å²) in [5.74, 6) is -0.0406. The van der Waals surface area contributed by atoms with E-state index in [1.807, 2.05) is 4.90 Å². The smallest absolute Gasteiger partial charge is 0.248 e. The molecule has 1 fully saturated rings. The Bertz CT molecular complexity index is 717. The Morgan fingerprint density at radius 2 is 1.95 bits per heavy atom. The number of nitrogens with two attached hydrogens (primary N) is 1. The molecule has 2 heterocycles. The molecule has 0 atom stereocenters. The normalized spacial score (nSPS) is 15.5. The van der Waals surface area contributed by atoms with Crippen molar-refractivity contribution in [3.05, 3.63) is 40.1 Å². The van der Waals surface area contributed by atoms with Gasteiger partial charge in [0.15, 0.2) is 11.3 Å². The molecule has 20 heavy (non-hydrogen) atoms. The molecule has 1 aliphatic heterocycles. The van der Waals surface area contributed by atoms with E-state index in [1.54, 1.807) is 12.1 Å². The highest BCUT2D eigenvalue weighted by molar-refractivity contribution is 5.96. The fraction of sp³-hybridized carbons (Fsp3) is 0.286. The number of fused-ring (bicyclic) bond motifs is 1. The fourth-order valence-electron chi connectivity index (χ4n) is 2.24. The average molecular weight is 274 g/mol. The van der Waals surface area contributed by atoms with Crippen LogP contribution < -0.4 is 16.1 Å². The molecular formula is C14H14N2O4. The first-order valence-electron chi connectivity index (χ1n) is 6.35. The summed E-state index contributed by atoms with van der Waals surface area (Å²) in [6.45, 7) is 2.60. The van der Waals surface area contributed by atoms with E-state index in [-0.39, 0.29) is 5.43 Å². The highest BCUT2D eigenvalue weighted by Gasteiger charge is 2.15. The molecule has 0 aliphatic carbocycles. The first-order valence-corrected chi connectivity index (χ1v) is 6.35. The van der Waals surface area contributed by atoms with Gasteiger partial charge < -0.3 is 19.8 Å². The molecule has 104 valence electrons. The molecule has 1 aliphatic rings. The number of rotatable bonds is 2. The van der Waals surface area contributed by atoms with Crippen LogP contribution in [0.15, 0.2) is 33.5 Å². The van der Waals surface area contributed by atoms with Gasteiger partial charge in [0, 0.05) is 24.7 Å². The van der Waals surface area contributed by atoms with Crippen molar-refractivity contribution in [3.63, 3.8) is 0 Å². The zero-order valence-electron chi connectivity index (χ0n) is 10.8. The van der Waals surface area contributed by atoms with Gasteiger partial charge in [0.2, 0.25) is 5.91 Å². The van der Waals surface area contributed by atoms with Gasteiger partial charge in [0.05, 0.1) is 18.6 Å². The lowest BCUT2D eigenvalue weighted by Crippen LogP contribution is -2.36. The number of nitrogens with zero attached hydrogens (tertiary/aromatic N) is 1. The van der Waals surface area contributed by atoms with Crippen LogP contribution in [-0.2, 0) is 4.74 Å². The van der Waals surface area contributed by atoms with Gasteiger partial charge in [-0.15, -0.1) is 0 Å². The third-order valence-electron chi connectivity index (χ3n) is 3.32. The van der Waals surface area contributed by atoms with Gasteiger partial charge in [-0.05, 0) is 18.2 Å². The predicted octanol–water partition coefficient (Wildman–Crippen LogP) is 0.728. The van der Waals surface area contributed by atoms with Crippen LogP contribution >= 0.6 is 0 Å². The lowest BCUT2D eigenvalue weighted by Gasteiger charge is -2.27. The van der Waals surface area contributed by atoms with E-state index in [0.717, 1.165) is 0 Å². The maximum Gasteiger partial charge on any atom is 0.248 e. The molecule has 1 saturated heterocycles. The molecule has 0 bridgehead atoms. The number of ether oxygens (including phenoxy) is 1. The molecular weight excluding hydrogens is 260 g/mol. The topological polar surface area (TPSA) is 85.8 Å². The Hall–Kier alpha value is -2.34. The third-order valence-corrected chi connectivity index (χ3v) is 3.32. The maximum atomic E-state index is 12.1. The van der Waals surface area contributed by atoms with E-state index in [4.69, 9.17) is 14.9 Å². The van der Waals surface area contributed by atoms with Crippen LogP contribution in [-0.4, -0.2) is 32.2 Å². The molecule has 0 spiro atoms. The van der Waals surface area contributed by atoms with Crippen molar-refractivity contribution in [1.82, 2.24) is 0 Å². The standard InChI is InChI=1S/C14H14N2O4/c15-14(18)9-1-2-12-10(7-9)11(17)8-13(20-12)16-3-5-19-6-4-16/h1-2,7-8H,3-6H2,(H2,15,18). The Morgan fingerprint density at radius 1 is 1.20 bits per heavy atom. The Kier molecular flexibility index (Phi) is 3.15. The van der Waals surface area contributed by atoms with Gasteiger partial charge in [0.25, 0.3) is 0 Å². The second kappa shape index (κ2) is 4.97.